The molecule has 1 saturated heterocycles. The summed E-state index contributed by atoms with van der Waals surface area (Å²) in [5.74, 6) is 0.365. The van der Waals surface area contributed by atoms with Crippen LogP contribution in [-0.4, -0.2) is 62.4 Å². The largest absolute Gasteiger partial charge is 0.345 e. The third-order valence-electron chi connectivity index (χ3n) is 4.18. The van der Waals surface area contributed by atoms with E-state index in [0.29, 0.717) is 29.2 Å². The van der Waals surface area contributed by atoms with Crippen LogP contribution >= 0.6 is 0 Å². The van der Waals surface area contributed by atoms with Crippen molar-refractivity contribution in [3.8, 4) is 0 Å². The SMILES string of the molecule is Cc1ncc(C(=O)N2CCCC2c2[nH]ncc2C(=O)N(C)C)cn1. The van der Waals surface area contributed by atoms with Crippen LogP contribution in [0.25, 0.3) is 0 Å². The third-order valence-corrected chi connectivity index (χ3v) is 4.18. The van der Waals surface area contributed by atoms with Crippen molar-refractivity contribution in [3.05, 3.63) is 41.2 Å². The summed E-state index contributed by atoms with van der Waals surface area (Å²) < 4.78 is 0. The molecule has 1 fully saturated rings. The number of aromatic nitrogens is 4. The monoisotopic (exact) mass is 328 g/mol. The first-order valence-corrected chi connectivity index (χ1v) is 7.83. The Labute approximate surface area is 139 Å². The first-order valence-electron chi connectivity index (χ1n) is 7.83. The number of aromatic amines is 1. The molecule has 126 valence electrons. The molecule has 3 heterocycles. The standard InChI is InChI=1S/C16H20N6O2/c1-10-17-7-11(8-18-10)15(23)22-6-4-5-13(22)14-12(9-19-20-14)16(24)21(2)3/h7-9,13H,4-6H2,1-3H3,(H,19,20). The quantitative estimate of drug-likeness (QED) is 0.913. The first kappa shape index (κ1) is 16.1. The lowest BCUT2D eigenvalue weighted by molar-refractivity contribution is 0.0724. The van der Waals surface area contributed by atoms with Gasteiger partial charge in [-0.1, -0.05) is 0 Å². The van der Waals surface area contributed by atoms with Gasteiger partial charge < -0.3 is 9.80 Å². The van der Waals surface area contributed by atoms with E-state index in [1.54, 1.807) is 38.3 Å². The van der Waals surface area contributed by atoms with Crippen molar-refractivity contribution in [3.63, 3.8) is 0 Å². The normalized spacial score (nSPS) is 17.1. The summed E-state index contributed by atoms with van der Waals surface area (Å²) in [5.41, 5.74) is 1.64. The predicted octanol–water partition coefficient (Wildman–Crippen LogP) is 1.19. The number of nitrogens with one attached hydrogen (secondary N) is 1. The zero-order valence-corrected chi connectivity index (χ0v) is 14.0. The lowest BCUT2D eigenvalue weighted by atomic mass is 10.1. The van der Waals surface area contributed by atoms with Crippen molar-refractivity contribution in [1.29, 1.82) is 0 Å². The Morgan fingerprint density at radius 3 is 2.62 bits per heavy atom. The molecule has 1 atom stereocenters. The second-order valence-electron chi connectivity index (χ2n) is 6.07. The van der Waals surface area contributed by atoms with Crippen molar-refractivity contribution < 1.29 is 9.59 Å². The molecule has 2 aromatic heterocycles. The van der Waals surface area contributed by atoms with Gasteiger partial charge in [0.25, 0.3) is 11.8 Å². The molecule has 2 amide bonds. The zero-order valence-electron chi connectivity index (χ0n) is 14.0. The number of aryl methyl sites for hydroxylation is 1. The smallest absolute Gasteiger partial charge is 0.257 e. The van der Waals surface area contributed by atoms with Gasteiger partial charge in [-0.25, -0.2) is 9.97 Å². The van der Waals surface area contributed by atoms with Gasteiger partial charge in [-0.15, -0.1) is 0 Å². The van der Waals surface area contributed by atoms with Crippen molar-refractivity contribution in [2.45, 2.75) is 25.8 Å². The van der Waals surface area contributed by atoms with Gasteiger partial charge in [0.15, 0.2) is 0 Å². The van der Waals surface area contributed by atoms with Crippen LogP contribution in [-0.2, 0) is 0 Å². The summed E-state index contributed by atoms with van der Waals surface area (Å²) in [6, 6.07) is -0.194. The number of likely N-dealkylation sites (tertiary alicyclic amines) is 1. The first-order chi connectivity index (χ1) is 11.5. The fourth-order valence-electron chi connectivity index (χ4n) is 2.94. The molecular formula is C16H20N6O2. The van der Waals surface area contributed by atoms with Gasteiger partial charge in [0.1, 0.15) is 5.82 Å². The summed E-state index contributed by atoms with van der Waals surface area (Å²) in [4.78, 5) is 36.5. The Bertz CT molecular complexity index is 752. The van der Waals surface area contributed by atoms with Gasteiger partial charge in [-0.05, 0) is 19.8 Å². The van der Waals surface area contributed by atoms with Gasteiger partial charge in [-0.3, -0.25) is 14.7 Å². The van der Waals surface area contributed by atoms with E-state index in [4.69, 9.17) is 0 Å². The summed E-state index contributed by atoms with van der Waals surface area (Å²) in [5, 5.41) is 6.92. The summed E-state index contributed by atoms with van der Waals surface area (Å²) in [6.07, 6.45) is 6.26. The minimum atomic E-state index is -0.194. The van der Waals surface area contributed by atoms with E-state index in [9.17, 15) is 9.59 Å². The van der Waals surface area contributed by atoms with E-state index in [1.165, 1.54) is 11.1 Å². The molecule has 1 N–H and O–H groups in total. The van der Waals surface area contributed by atoms with Gasteiger partial charge in [0, 0.05) is 33.0 Å². The molecule has 0 bridgehead atoms. The second kappa shape index (κ2) is 6.38. The van der Waals surface area contributed by atoms with Gasteiger partial charge in [-0.2, -0.15) is 5.10 Å². The van der Waals surface area contributed by atoms with Crippen LogP contribution in [0.5, 0.6) is 0 Å². The molecule has 3 rings (SSSR count). The van der Waals surface area contributed by atoms with E-state index in [1.807, 2.05) is 0 Å². The highest BCUT2D eigenvalue weighted by atomic mass is 16.2. The summed E-state index contributed by atoms with van der Waals surface area (Å²) in [7, 11) is 3.39. The molecule has 0 radical (unpaired) electrons. The number of hydrogen-bond donors (Lipinski definition) is 1. The fraction of sp³-hybridized carbons (Fsp3) is 0.438. The van der Waals surface area contributed by atoms with Crippen LogP contribution in [0.3, 0.4) is 0 Å². The highest BCUT2D eigenvalue weighted by Gasteiger charge is 2.34. The Morgan fingerprint density at radius 2 is 1.96 bits per heavy atom. The Kier molecular flexibility index (Phi) is 4.28. The number of hydrogen-bond acceptors (Lipinski definition) is 5. The minimum absolute atomic E-state index is 0.128. The van der Waals surface area contributed by atoms with Crippen LogP contribution in [0.1, 0.15) is 51.1 Å². The van der Waals surface area contributed by atoms with Crippen LogP contribution in [0.2, 0.25) is 0 Å². The number of H-pyrrole nitrogens is 1. The summed E-state index contributed by atoms with van der Waals surface area (Å²) in [6.45, 7) is 2.41. The molecule has 8 heteroatoms. The number of carbonyl (C=O) groups excluding carboxylic acids is 2. The van der Waals surface area contributed by atoms with E-state index in [0.717, 1.165) is 12.8 Å². The molecule has 8 nitrogen and oxygen atoms in total. The Morgan fingerprint density at radius 1 is 1.25 bits per heavy atom. The van der Waals surface area contributed by atoms with E-state index in [2.05, 4.69) is 20.2 Å². The molecule has 1 aliphatic rings. The Hall–Kier alpha value is -2.77. The predicted molar refractivity (Wildman–Crippen MR) is 86.4 cm³/mol. The van der Waals surface area contributed by atoms with E-state index < -0.39 is 0 Å². The second-order valence-corrected chi connectivity index (χ2v) is 6.07. The molecule has 0 spiro atoms. The molecule has 0 aromatic carbocycles. The van der Waals surface area contributed by atoms with E-state index in [-0.39, 0.29) is 17.9 Å². The molecule has 2 aromatic rings. The van der Waals surface area contributed by atoms with Crippen LogP contribution in [0.4, 0.5) is 0 Å². The minimum Gasteiger partial charge on any atom is -0.345 e. The number of rotatable bonds is 3. The van der Waals surface area contributed by atoms with E-state index >= 15 is 0 Å². The third kappa shape index (κ3) is 2.86. The topological polar surface area (TPSA) is 95.1 Å². The average Bonchev–Trinajstić information content (AvgIpc) is 3.22. The highest BCUT2D eigenvalue weighted by Crippen LogP contribution is 2.33. The highest BCUT2D eigenvalue weighted by molar-refractivity contribution is 5.96. The number of amides is 2. The maximum absolute atomic E-state index is 12.8. The van der Waals surface area contributed by atoms with Crippen LogP contribution in [0.15, 0.2) is 18.6 Å². The van der Waals surface area contributed by atoms with Crippen molar-refractivity contribution >= 4 is 11.8 Å². The van der Waals surface area contributed by atoms with Crippen molar-refractivity contribution in [1.82, 2.24) is 30.0 Å². The van der Waals surface area contributed by atoms with Gasteiger partial charge in [0.2, 0.25) is 0 Å². The molecular weight excluding hydrogens is 308 g/mol. The number of nitrogens with zero attached hydrogens (tertiary/aromatic N) is 5. The van der Waals surface area contributed by atoms with Gasteiger partial charge in [0.05, 0.1) is 29.1 Å². The maximum Gasteiger partial charge on any atom is 0.257 e. The number of carbonyl (C=O) groups is 2. The molecule has 24 heavy (non-hydrogen) atoms. The molecule has 0 aliphatic carbocycles. The molecule has 1 aliphatic heterocycles. The zero-order chi connectivity index (χ0) is 17.3. The summed E-state index contributed by atoms with van der Waals surface area (Å²) >= 11 is 0. The lowest BCUT2D eigenvalue weighted by Crippen LogP contribution is -2.32. The Balaban J connectivity index is 1.89. The van der Waals surface area contributed by atoms with Gasteiger partial charge >= 0.3 is 0 Å². The molecule has 1 unspecified atom stereocenters. The van der Waals surface area contributed by atoms with Crippen LogP contribution in [0, 0.1) is 6.92 Å². The fourth-order valence-corrected chi connectivity index (χ4v) is 2.94. The van der Waals surface area contributed by atoms with Crippen LogP contribution < -0.4 is 0 Å². The molecule has 0 saturated carbocycles. The van der Waals surface area contributed by atoms with Crippen molar-refractivity contribution in [2.24, 2.45) is 0 Å². The maximum atomic E-state index is 12.8. The van der Waals surface area contributed by atoms with Crippen molar-refractivity contribution in [2.75, 3.05) is 20.6 Å². The average molecular weight is 328 g/mol. The lowest BCUT2D eigenvalue weighted by Gasteiger charge is -2.25.